The molecule has 0 N–H and O–H groups in total. The van der Waals surface area contributed by atoms with Crippen molar-refractivity contribution >= 4 is 22.6 Å². The van der Waals surface area contributed by atoms with Crippen LogP contribution in [0.2, 0.25) is 0 Å². The van der Waals surface area contributed by atoms with Gasteiger partial charge in [-0.1, -0.05) is 15.9 Å². The maximum Gasteiger partial charge on any atom is 0.416 e. The van der Waals surface area contributed by atoms with Crippen molar-refractivity contribution in [3.8, 4) is 11.1 Å². The van der Waals surface area contributed by atoms with E-state index in [0.717, 1.165) is 12.1 Å². The lowest BCUT2D eigenvalue weighted by Crippen LogP contribution is -2.19. The zero-order valence-electron chi connectivity index (χ0n) is 11.1. The molecule has 2 rings (SSSR count). The summed E-state index contributed by atoms with van der Waals surface area (Å²) in [5.74, 6) is -0.975. The lowest BCUT2D eigenvalue weighted by atomic mass is 10.0. The third-order valence-electron chi connectivity index (χ3n) is 2.85. The van der Waals surface area contributed by atoms with E-state index in [1.165, 1.54) is 10.7 Å². The summed E-state index contributed by atoms with van der Waals surface area (Å²) in [5.41, 5.74) is -0.201. The standard InChI is InChI=1S/C14H10BrF4N3/c1-20-22-4-2-3-12(13(22)21-8-15)9-5-10(14(17,18)19)7-11(16)6-9/h2-7H,1,8H2. The molecule has 22 heavy (non-hydrogen) atoms. The van der Waals surface area contributed by atoms with E-state index < -0.39 is 17.6 Å². The molecule has 0 spiro atoms. The van der Waals surface area contributed by atoms with Gasteiger partial charge in [0, 0.05) is 18.5 Å². The average Bonchev–Trinajstić information content (AvgIpc) is 2.46. The molecule has 0 unspecified atom stereocenters. The Kier molecular flexibility index (Phi) is 4.80. The number of halogens is 5. The van der Waals surface area contributed by atoms with Gasteiger partial charge in [0.1, 0.15) is 5.82 Å². The van der Waals surface area contributed by atoms with Crippen LogP contribution < -0.4 is 5.49 Å². The van der Waals surface area contributed by atoms with E-state index in [4.69, 9.17) is 0 Å². The topological polar surface area (TPSA) is 29.6 Å². The first kappa shape index (κ1) is 16.4. The summed E-state index contributed by atoms with van der Waals surface area (Å²) < 4.78 is 53.3. The Morgan fingerprint density at radius 2 is 1.95 bits per heavy atom. The van der Waals surface area contributed by atoms with E-state index in [0.29, 0.717) is 11.6 Å². The van der Waals surface area contributed by atoms with E-state index in [-0.39, 0.29) is 16.5 Å². The van der Waals surface area contributed by atoms with Crippen molar-refractivity contribution in [1.82, 2.24) is 4.68 Å². The maximum absolute atomic E-state index is 13.6. The summed E-state index contributed by atoms with van der Waals surface area (Å²) in [4.78, 5) is 4.12. The lowest BCUT2D eigenvalue weighted by molar-refractivity contribution is -0.137. The van der Waals surface area contributed by atoms with E-state index >= 15 is 0 Å². The van der Waals surface area contributed by atoms with Crippen molar-refractivity contribution < 1.29 is 17.6 Å². The molecule has 8 heteroatoms. The largest absolute Gasteiger partial charge is 0.416 e. The fraction of sp³-hybridized carbons (Fsp3) is 0.143. The Hall–Kier alpha value is -1.96. The molecule has 2 aromatic rings. The Morgan fingerprint density at radius 3 is 2.55 bits per heavy atom. The summed E-state index contributed by atoms with van der Waals surface area (Å²) in [6.07, 6.45) is -3.09. The monoisotopic (exact) mass is 375 g/mol. The number of hydrogen-bond acceptors (Lipinski definition) is 2. The molecule has 0 saturated carbocycles. The molecule has 1 aromatic carbocycles. The van der Waals surface area contributed by atoms with Crippen LogP contribution in [0, 0.1) is 5.82 Å². The van der Waals surface area contributed by atoms with Gasteiger partial charge in [-0.3, -0.25) is 4.99 Å². The molecule has 116 valence electrons. The number of benzene rings is 1. The van der Waals surface area contributed by atoms with Crippen LogP contribution in [0.5, 0.6) is 0 Å². The summed E-state index contributed by atoms with van der Waals surface area (Å²) >= 11 is 3.12. The molecule has 0 radical (unpaired) electrons. The van der Waals surface area contributed by atoms with Crippen molar-refractivity contribution in [2.24, 2.45) is 10.1 Å². The van der Waals surface area contributed by atoms with Crippen molar-refractivity contribution in [3.63, 3.8) is 0 Å². The molecule has 1 heterocycles. The van der Waals surface area contributed by atoms with Crippen LogP contribution in [-0.4, -0.2) is 16.8 Å². The minimum absolute atomic E-state index is 0.0602. The zero-order chi connectivity index (χ0) is 16.3. The summed E-state index contributed by atoms with van der Waals surface area (Å²) in [6, 6.07) is 5.45. The van der Waals surface area contributed by atoms with Crippen molar-refractivity contribution in [1.29, 1.82) is 0 Å². The first-order chi connectivity index (χ1) is 10.4. The van der Waals surface area contributed by atoms with Gasteiger partial charge in [0.05, 0.1) is 11.0 Å². The molecule has 1 aromatic heterocycles. The highest BCUT2D eigenvalue weighted by molar-refractivity contribution is 9.09. The normalized spacial score (nSPS) is 12.5. The lowest BCUT2D eigenvalue weighted by Gasteiger charge is -2.11. The van der Waals surface area contributed by atoms with Crippen LogP contribution in [0.25, 0.3) is 11.1 Å². The molecule has 3 nitrogen and oxygen atoms in total. The van der Waals surface area contributed by atoms with E-state index in [1.54, 1.807) is 12.3 Å². The van der Waals surface area contributed by atoms with Gasteiger partial charge in [-0.2, -0.15) is 18.3 Å². The Labute approximate surface area is 131 Å². The smallest absolute Gasteiger partial charge is 0.255 e. The van der Waals surface area contributed by atoms with Gasteiger partial charge in [0.25, 0.3) is 0 Å². The van der Waals surface area contributed by atoms with E-state index in [2.05, 4.69) is 32.7 Å². The number of hydrogen-bond donors (Lipinski definition) is 0. The molecule has 0 saturated heterocycles. The second kappa shape index (κ2) is 6.43. The quantitative estimate of drug-likeness (QED) is 0.335. The molecular formula is C14H10BrF4N3. The summed E-state index contributed by atoms with van der Waals surface area (Å²) in [7, 11) is 0. The zero-order valence-corrected chi connectivity index (χ0v) is 12.7. The highest BCUT2D eigenvalue weighted by Gasteiger charge is 2.31. The molecule has 0 amide bonds. The van der Waals surface area contributed by atoms with E-state index in [9.17, 15) is 17.6 Å². The van der Waals surface area contributed by atoms with E-state index in [1.807, 2.05) is 0 Å². The molecular weight excluding hydrogens is 366 g/mol. The molecule has 0 aliphatic heterocycles. The number of pyridine rings is 1. The maximum atomic E-state index is 13.6. The number of aromatic nitrogens is 1. The molecule has 0 aliphatic rings. The van der Waals surface area contributed by atoms with Crippen LogP contribution in [0.4, 0.5) is 17.6 Å². The Morgan fingerprint density at radius 1 is 1.23 bits per heavy atom. The number of nitrogens with zero attached hydrogens (tertiary/aromatic N) is 3. The fourth-order valence-electron chi connectivity index (χ4n) is 1.95. The number of rotatable bonds is 3. The summed E-state index contributed by atoms with van der Waals surface area (Å²) in [5, 5.41) is 3.71. The van der Waals surface area contributed by atoms with Crippen molar-refractivity contribution in [2.45, 2.75) is 6.18 Å². The molecule has 0 atom stereocenters. The van der Waals surface area contributed by atoms with Gasteiger partial charge in [0.2, 0.25) is 0 Å². The van der Waals surface area contributed by atoms with Gasteiger partial charge in [0.15, 0.2) is 5.49 Å². The fourth-order valence-corrected chi connectivity index (χ4v) is 2.19. The SMILES string of the molecule is C=Nn1cccc(-c2cc(F)cc(C(F)(F)F)c2)c1=NCBr. The minimum atomic E-state index is -4.63. The van der Waals surface area contributed by atoms with Gasteiger partial charge in [-0.15, -0.1) is 0 Å². The highest BCUT2D eigenvalue weighted by atomic mass is 79.9. The molecule has 0 aliphatic carbocycles. The molecule has 0 fully saturated rings. The van der Waals surface area contributed by atoms with Crippen molar-refractivity contribution in [2.75, 3.05) is 5.45 Å². The van der Waals surface area contributed by atoms with Crippen LogP contribution in [-0.2, 0) is 6.18 Å². The van der Waals surface area contributed by atoms with Gasteiger partial charge < -0.3 is 0 Å². The highest BCUT2D eigenvalue weighted by Crippen LogP contribution is 2.32. The van der Waals surface area contributed by atoms with Crippen molar-refractivity contribution in [3.05, 3.63) is 53.4 Å². The second-order valence-corrected chi connectivity index (χ2v) is 4.74. The van der Waals surface area contributed by atoms with Crippen LogP contribution in [0.1, 0.15) is 5.56 Å². The number of alkyl halides is 4. The van der Waals surface area contributed by atoms with Crippen LogP contribution in [0.3, 0.4) is 0 Å². The predicted octanol–water partition coefficient (Wildman–Crippen LogP) is 4.03. The molecule has 0 bridgehead atoms. The first-order valence-electron chi connectivity index (χ1n) is 6.00. The summed E-state index contributed by atoms with van der Waals surface area (Å²) in [6.45, 7) is 3.37. The first-order valence-corrected chi connectivity index (χ1v) is 7.12. The van der Waals surface area contributed by atoms with Gasteiger partial charge >= 0.3 is 6.18 Å². The van der Waals surface area contributed by atoms with Gasteiger partial charge in [-0.25, -0.2) is 9.07 Å². The van der Waals surface area contributed by atoms with Crippen LogP contribution >= 0.6 is 15.9 Å². The third-order valence-corrected chi connectivity index (χ3v) is 3.10. The minimum Gasteiger partial charge on any atom is -0.255 e. The Balaban J connectivity index is 2.75. The van der Waals surface area contributed by atoms with Gasteiger partial charge in [-0.05, 0) is 35.9 Å². The van der Waals surface area contributed by atoms with Crippen LogP contribution in [0.15, 0.2) is 46.6 Å². The second-order valence-electron chi connectivity index (χ2n) is 4.24. The Bertz CT molecular complexity index is 765. The predicted molar refractivity (Wildman–Crippen MR) is 79.1 cm³/mol. The average molecular weight is 376 g/mol. The third kappa shape index (κ3) is 3.44.